The largest absolute Gasteiger partial charge is 0.411 e. The van der Waals surface area contributed by atoms with Crippen LogP contribution in [0.15, 0.2) is 30.3 Å². The van der Waals surface area contributed by atoms with Crippen LogP contribution >= 0.6 is 0 Å². The van der Waals surface area contributed by atoms with Crippen molar-refractivity contribution in [2.75, 3.05) is 6.61 Å². The zero-order valence-corrected chi connectivity index (χ0v) is 25.0. The highest BCUT2D eigenvalue weighted by molar-refractivity contribution is 6.74. The number of ether oxygens (including phenoxy) is 1. The third-order valence-electron chi connectivity index (χ3n) is 7.38. The second-order valence-electron chi connectivity index (χ2n) is 12.3. The maximum atomic E-state index is 11.3. The fraction of sp³-hybridized carbons (Fsp3) is 0.741. The molecule has 0 spiro atoms. The van der Waals surface area contributed by atoms with Gasteiger partial charge in [0.2, 0.25) is 0 Å². The van der Waals surface area contributed by atoms with Crippen molar-refractivity contribution in [3.05, 3.63) is 35.9 Å². The second-order valence-corrected chi connectivity index (χ2v) is 21.8. The van der Waals surface area contributed by atoms with Gasteiger partial charge in [-0.15, -0.1) is 0 Å². The summed E-state index contributed by atoms with van der Waals surface area (Å²) in [5, 5.41) is 0.216. The van der Waals surface area contributed by atoms with Crippen LogP contribution in [0.2, 0.25) is 36.3 Å². The van der Waals surface area contributed by atoms with E-state index in [1.165, 1.54) is 5.56 Å². The second kappa shape index (κ2) is 12.8. The Kier molecular flexibility index (Phi) is 11.7. The van der Waals surface area contributed by atoms with Crippen molar-refractivity contribution in [1.29, 1.82) is 0 Å². The molecule has 1 rings (SSSR count). The van der Waals surface area contributed by atoms with Crippen molar-refractivity contribution in [1.82, 2.24) is 0 Å². The highest BCUT2D eigenvalue weighted by Gasteiger charge is 2.44. The van der Waals surface area contributed by atoms with Crippen molar-refractivity contribution in [3.8, 4) is 0 Å². The van der Waals surface area contributed by atoms with E-state index >= 15 is 0 Å². The topological polar surface area (TPSA) is 44.8 Å². The first kappa shape index (κ1) is 30.2. The van der Waals surface area contributed by atoms with E-state index < -0.39 is 16.6 Å². The van der Waals surface area contributed by atoms with Gasteiger partial charge in [-0.05, 0) is 61.1 Å². The molecule has 0 fully saturated rings. The Bertz CT molecular complexity index is 690. The van der Waals surface area contributed by atoms with E-state index in [1.54, 1.807) is 0 Å². The van der Waals surface area contributed by atoms with Gasteiger partial charge < -0.3 is 18.4 Å². The van der Waals surface area contributed by atoms with Crippen LogP contribution in [0.3, 0.4) is 0 Å². The van der Waals surface area contributed by atoms with E-state index in [4.69, 9.17) is 13.6 Å². The van der Waals surface area contributed by atoms with Crippen LogP contribution in [0.5, 0.6) is 0 Å². The first-order valence-electron chi connectivity index (χ1n) is 12.5. The Morgan fingerprint density at radius 3 is 1.76 bits per heavy atom. The molecule has 1 aromatic carbocycles. The third-order valence-corrected chi connectivity index (χ3v) is 16.4. The van der Waals surface area contributed by atoms with Gasteiger partial charge in [0.05, 0.1) is 18.8 Å². The number of hydrogen-bond donors (Lipinski definition) is 0. The summed E-state index contributed by atoms with van der Waals surface area (Å²) >= 11 is 0. The summed E-state index contributed by atoms with van der Waals surface area (Å²) < 4.78 is 19.8. The molecule has 2 atom stereocenters. The Balaban J connectivity index is 2.96. The molecule has 0 saturated carbocycles. The van der Waals surface area contributed by atoms with E-state index in [2.05, 4.69) is 79.9 Å². The van der Waals surface area contributed by atoms with Gasteiger partial charge in [0, 0.05) is 13.0 Å². The average Bonchev–Trinajstić information content (AvgIpc) is 2.69. The zero-order valence-electron chi connectivity index (χ0n) is 23.0. The maximum Gasteiger partial charge on any atom is 0.192 e. The molecule has 4 nitrogen and oxygen atoms in total. The summed E-state index contributed by atoms with van der Waals surface area (Å²) in [4.78, 5) is 11.3. The molecule has 0 N–H and O–H groups in total. The van der Waals surface area contributed by atoms with E-state index in [0.717, 1.165) is 19.1 Å². The molecule has 33 heavy (non-hydrogen) atoms. The molecule has 6 heteroatoms. The van der Waals surface area contributed by atoms with Crippen LogP contribution in [-0.2, 0) is 25.0 Å². The molecule has 0 bridgehead atoms. The smallest absolute Gasteiger partial charge is 0.192 e. The number of aldehydes is 1. The van der Waals surface area contributed by atoms with E-state index in [1.807, 2.05) is 18.2 Å². The minimum atomic E-state index is -2.01. The molecule has 0 amide bonds. The van der Waals surface area contributed by atoms with Crippen LogP contribution < -0.4 is 0 Å². The van der Waals surface area contributed by atoms with Crippen LogP contribution in [0.4, 0.5) is 0 Å². The van der Waals surface area contributed by atoms with Crippen molar-refractivity contribution in [3.63, 3.8) is 0 Å². The van der Waals surface area contributed by atoms with Gasteiger partial charge in [0.1, 0.15) is 6.29 Å². The third kappa shape index (κ3) is 10.2. The summed E-state index contributed by atoms with van der Waals surface area (Å²) in [6.45, 7) is 24.1. The number of benzene rings is 1. The van der Waals surface area contributed by atoms with Crippen molar-refractivity contribution >= 4 is 22.9 Å². The first-order chi connectivity index (χ1) is 15.1. The van der Waals surface area contributed by atoms with Gasteiger partial charge in [-0.25, -0.2) is 0 Å². The van der Waals surface area contributed by atoms with Crippen molar-refractivity contribution in [2.45, 2.75) is 122 Å². The fourth-order valence-electron chi connectivity index (χ4n) is 3.13. The average molecular weight is 495 g/mol. The molecule has 190 valence electrons. The van der Waals surface area contributed by atoms with Gasteiger partial charge in [-0.2, -0.15) is 0 Å². The summed E-state index contributed by atoms with van der Waals surface area (Å²) in [6.07, 6.45) is 3.90. The predicted molar refractivity (Wildman–Crippen MR) is 145 cm³/mol. The van der Waals surface area contributed by atoms with Gasteiger partial charge >= 0.3 is 0 Å². The summed E-state index contributed by atoms with van der Waals surface area (Å²) in [6, 6.07) is 10.3. The standard InChI is InChI=1S/C27H50O4Si2/c1-26(2,3)32(7,8)30-24(18-14-20-28)25(31-33(9,10)27(4,5)6)19-15-21-29-22-23-16-12-11-13-17-23/h11-13,16-17,20,24-25H,14-15,18-19,21-22H2,1-10H3/t24-,25-/m0/s1. The molecule has 0 aliphatic heterocycles. The molecule has 0 saturated heterocycles. The van der Waals surface area contributed by atoms with Gasteiger partial charge in [-0.1, -0.05) is 71.9 Å². The minimum absolute atomic E-state index is 0.0275. The SMILES string of the molecule is CC(C)(C)[Si](C)(C)O[C@@H](CCC=O)[C@H](CCCOCc1ccccc1)O[Si](C)(C)C(C)(C)C. The van der Waals surface area contributed by atoms with Gasteiger partial charge in [-0.3, -0.25) is 0 Å². The monoisotopic (exact) mass is 494 g/mol. The number of carbonyl (C=O) groups excluding carboxylic acids is 1. The first-order valence-corrected chi connectivity index (χ1v) is 18.3. The fourth-order valence-corrected chi connectivity index (χ4v) is 5.90. The molecular weight excluding hydrogens is 444 g/mol. The van der Waals surface area contributed by atoms with E-state index in [0.29, 0.717) is 26.1 Å². The van der Waals surface area contributed by atoms with E-state index in [-0.39, 0.29) is 22.3 Å². The molecule has 0 aliphatic carbocycles. The van der Waals surface area contributed by atoms with Gasteiger partial charge in [0.25, 0.3) is 0 Å². The highest BCUT2D eigenvalue weighted by Crippen LogP contribution is 2.41. The lowest BCUT2D eigenvalue weighted by Crippen LogP contribution is -2.52. The zero-order chi connectivity index (χ0) is 25.3. The van der Waals surface area contributed by atoms with Crippen LogP contribution in [0, 0.1) is 0 Å². The Morgan fingerprint density at radius 2 is 1.30 bits per heavy atom. The normalized spacial score (nSPS) is 15.3. The number of hydrogen-bond acceptors (Lipinski definition) is 4. The molecule has 0 radical (unpaired) electrons. The summed E-state index contributed by atoms with van der Waals surface area (Å²) in [5.74, 6) is 0. The van der Waals surface area contributed by atoms with Crippen molar-refractivity contribution in [2.24, 2.45) is 0 Å². The minimum Gasteiger partial charge on any atom is -0.411 e. The quantitative estimate of drug-likeness (QED) is 0.151. The Hall–Kier alpha value is -0.796. The maximum absolute atomic E-state index is 11.3. The summed E-state index contributed by atoms with van der Waals surface area (Å²) in [7, 11) is -4.02. The Labute approximate surface area is 206 Å². The highest BCUT2D eigenvalue weighted by atomic mass is 28.4. The molecule has 0 aliphatic rings. The molecular formula is C27H50O4Si2. The predicted octanol–water partition coefficient (Wildman–Crippen LogP) is 7.74. The lowest BCUT2D eigenvalue weighted by atomic mass is 10.0. The Morgan fingerprint density at radius 1 is 0.818 bits per heavy atom. The lowest BCUT2D eigenvalue weighted by Gasteiger charge is -2.45. The molecule has 0 unspecified atom stereocenters. The van der Waals surface area contributed by atoms with Crippen LogP contribution in [0.1, 0.15) is 72.8 Å². The van der Waals surface area contributed by atoms with E-state index in [9.17, 15) is 4.79 Å². The van der Waals surface area contributed by atoms with Gasteiger partial charge in [0.15, 0.2) is 16.6 Å². The van der Waals surface area contributed by atoms with Crippen molar-refractivity contribution < 1.29 is 18.4 Å². The number of rotatable bonds is 14. The summed E-state index contributed by atoms with van der Waals surface area (Å²) in [5.41, 5.74) is 1.19. The van der Waals surface area contributed by atoms with Crippen LogP contribution in [-0.4, -0.2) is 41.7 Å². The molecule has 0 aromatic heterocycles. The number of carbonyl (C=O) groups is 1. The molecule has 0 heterocycles. The van der Waals surface area contributed by atoms with Crippen LogP contribution in [0.25, 0.3) is 0 Å². The lowest BCUT2D eigenvalue weighted by molar-refractivity contribution is -0.108. The molecule has 1 aromatic rings.